The zero-order valence-electron chi connectivity index (χ0n) is 9.95. The van der Waals surface area contributed by atoms with Gasteiger partial charge in [-0.1, -0.05) is 0 Å². The molecule has 1 aromatic carbocycles. The fourth-order valence-electron chi connectivity index (χ4n) is 2.19. The molecule has 0 saturated carbocycles. The van der Waals surface area contributed by atoms with Crippen molar-refractivity contribution in [3.63, 3.8) is 0 Å². The maximum absolute atomic E-state index is 5.64. The molecule has 0 aromatic heterocycles. The second kappa shape index (κ2) is 5.82. The molecule has 0 amide bonds. The third kappa shape index (κ3) is 3.59. The van der Waals surface area contributed by atoms with Crippen LogP contribution in [0.3, 0.4) is 0 Å². The fourth-order valence-corrected chi connectivity index (χ4v) is 8.57. The zero-order valence-corrected chi connectivity index (χ0v) is 13.2. The summed E-state index contributed by atoms with van der Waals surface area (Å²) in [7, 11) is 0. The van der Waals surface area contributed by atoms with Gasteiger partial charge in [-0.15, -0.1) is 0 Å². The first kappa shape index (κ1) is 12.1. The molecule has 0 radical (unpaired) electrons. The van der Waals surface area contributed by atoms with Crippen molar-refractivity contribution in [1.29, 1.82) is 0 Å². The van der Waals surface area contributed by atoms with Gasteiger partial charge in [0.25, 0.3) is 0 Å². The fraction of sp³-hybridized carbons (Fsp3) is 0.500. The first-order valence-electron chi connectivity index (χ1n) is 6.06. The summed E-state index contributed by atoms with van der Waals surface area (Å²) in [5.41, 5.74) is 7.64. The van der Waals surface area contributed by atoms with E-state index < -0.39 is 21.4 Å². The minimum atomic E-state index is -0.974. The van der Waals surface area contributed by atoms with Crippen LogP contribution in [0.15, 0.2) is 24.3 Å². The van der Waals surface area contributed by atoms with Crippen LogP contribution in [0.2, 0.25) is 8.86 Å². The van der Waals surface area contributed by atoms with E-state index in [1.807, 2.05) is 24.3 Å². The number of nitrogens with zero attached hydrogens (tertiary/aromatic N) is 1. The monoisotopic (exact) mass is 321 g/mol. The molecule has 2 rings (SSSR count). The van der Waals surface area contributed by atoms with Gasteiger partial charge in [0, 0.05) is 0 Å². The van der Waals surface area contributed by atoms with Gasteiger partial charge in [-0.05, 0) is 0 Å². The minimum absolute atomic E-state index is 0.827. The first-order chi connectivity index (χ1) is 7.74. The van der Waals surface area contributed by atoms with E-state index in [1.165, 1.54) is 23.1 Å². The second-order valence-corrected chi connectivity index (χ2v) is 13.7. The van der Waals surface area contributed by atoms with E-state index in [0.717, 1.165) is 12.2 Å². The summed E-state index contributed by atoms with van der Waals surface area (Å²) in [6.07, 6.45) is 0. The zero-order chi connectivity index (χ0) is 11.4. The van der Waals surface area contributed by atoms with Crippen LogP contribution in [0.1, 0.15) is 0 Å². The standard InChI is InChI=1S/C11H17N3.CH3.In/c1-3-14(2)9-8-13-11-6-4-10(12)5-7-11;;/h4-7,13H,1-3,8-9,12H2;1H3;. The molecule has 3 nitrogen and oxygen atoms in total. The van der Waals surface area contributed by atoms with E-state index in [2.05, 4.69) is 14.9 Å². The van der Waals surface area contributed by atoms with Gasteiger partial charge in [0.2, 0.25) is 0 Å². The molecule has 0 atom stereocenters. The van der Waals surface area contributed by atoms with Crippen molar-refractivity contribution < 1.29 is 0 Å². The SMILES string of the molecule is [CH3][In]1[CH2]CN(CCNc2ccc(N)cc2)[CH2]1. The summed E-state index contributed by atoms with van der Waals surface area (Å²) >= 11 is -0.974. The van der Waals surface area contributed by atoms with Gasteiger partial charge in [0.1, 0.15) is 0 Å². The van der Waals surface area contributed by atoms with Gasteiger partial charge in [0.15, 0.2) is 0 Å². The topological polar surface area (TPSA) is 41.3 Å². The van der Waals surface area contributed by atoms with Gasteiger partial charge < -0.3 is 0 Å². The Labute approximate surface area is 106 Å². The van der Waals surface area contributed by atoms with Crippen LogP contribution < -0.4 is 11.1 Å². The number of benzene rings is 1. The van der Waals surface area contributed by atoms with Gasteiger partial charge in [-0.25, -0.2) is 0 Å². The quantitative estimate of drug-likeness (QED) is 0.829. The van der Waals surface area contributed by atoms with Crippen molar-refractivity contribution in [2.75, 3.05) is 35.0 Å². The normalized spacial score (nSPS) is 16.7. The molecule has 1 aliphatic rings. The average molecular weight is 321 g/mol. The van der Waals surface area contributed by atoms with Crippen molar-refractivity contribution in [3.05, 3.63) is 24.3 Å². The molecule has 0 unspecified atom stereocenters. The summed E-state index contributed by atoms with van der Waals surface area (Å²) in [5, 5.41) is 3.44. The van der Waals surface area contributed by atoms with Gasteiger partial charge >= 0.3 is 106 Å². The van der Waals surface area contributed by atoms with Crippen molar-refractivity contribution in [2.45, 2.75) is 8.86 Å². The van der Waals surface area contributed by atoms with Gasteiger partial charge in [0.05, 0.1) is 0 Å². The number of rotatable bonds is 4. The summed E-state index contributed by atoms with van der Waals surface area (Å²) in [6.45, 7) is 3.58. The van der Waals surface area contributed by atoms with Crippen LogP contribution in [0.4, 0.5) is 11.4 Å². The van der Waals surface area contributed by atoms with Crippen molar-refractivity contribution in [2.24, 2.45) is 0 Å². The third-order valence-electron chi connectivity index (χ3n) is 3.18. The third-order valence-corrected chi connectivity index (χ3v) is 9.98. The van der Waals surface area contributed by atoms with Gasteiger partial charge in [-0.2, -0.15) is 0 Å². The van der Waals surface area contributed by atoms with Gasteiger partial charge in [-0.3, -0.25) is 0 Å². The summed E-state index contributed by atoms with van der Waals surface area (Å²) in [4.78, 5) is 2.62. The van der Waals surface area contributed by atoms with E-state index in [0.29, 0.717) is 0 Å². The van der Waals surface area contributed by atoms with E-state index >= 15 is 0 Å². The molecular formula is C12H20InN3. The van der Waals surface area contributed by atoms with Crippen LogP contribution in [0.25, 0.3) is 0 Å². The number of hydrogen-bond acceptors (Lipinski definition) is 3. The predicted molar refractivity (Wildman–Crippen MR) is 72.2 cm³/mol. The molecular weight excluding hydrogens is 301 g/mol. The molecule has 86 valence electrons. The maximum atomic E-state index is 5.64. The van der Waals surface area contributed by atoms with Crippen LogP contribution in [-0.2, 0) is 0 Å². The molecule has 0 spiro atoms. The van der Waals surface area contributed by atoms with E-state index in [-0.39, 0.29) is 0 Å². The van der Waals surface area contributed by atoms with Crippen molar-refractivity contribution in [3.8, 4) is 0 Å². The Morgan fingerprint density at radius 1 is 1.38 bits per heavy atom. The molecule has 1 saturated heterocycles. The summed E-state index contributed by atoms with van der Waals surface area (Å²) in [6, 6.07) is 7.97. The first-order valence-corrected chi connectivity index (χ1v) is 14.0. The number of nitrogens with one attached hydrogen (secondary N) is 1. The molecule has 4 heteroatoms. The average Bonchev–Trinajstić information content (AvgIpc) is 2.67. The predicted octanol–water partition coefficient (Wildman–Crippen LogP) is 1.66. The number of nitrogen functional groups attached to an aromatic ring is 1. The second-order valence-electron chi connectivity index (χ2n) is 4.74. The summed E-state index contributed by atoms with van der Waals surface area (Å²) < 4.78 is 5.56. The van der Waals surface area contributed by atoms with E-state index in [4.69, 9.17) is 5.73 Å². The molecule has 0 bridgehead atoms. The molecule has 1 aromatic rings. The Kier molecular flexibility index (Phi) is 4.41. The molecule has 3 N–H and O–H groups in total. The molecule has 0 aliphatic carbocycles. The Morgan fingerprint density at radius 3 is 2.75 bits per heavy atom. The molecule has 1 heterocycles. The van der Waals surface area contributed by atoms with Crippen molar-refractivity contribution in [1.82, 2.24) is 4.90 Å². The van der Waals surface area contributed by atoms with E-state index in [1.54, 1.807) is 4.18 Å². The Hall–Kier alpha value is -0.350. The van der Waals surface area contributed by atoms with Crippen LogP contribution in [0.5, 0.6) is 0 Å². The summed E-state index contributed by atoms with van der Waals surface area (Å²) in [5.74, 6) is 0. The van der Waals surface area contributed by atoms with Crippen LogP contribution in [-0.4, -0.2) is 50.3 Å². The van der Waals surface area contributed by atoms with Crippen LogP contribution >= 0.6 is 0 Å². The molecule has 16 heavy (non-hydrogen) atoms. The van der Waals surface area contributed by atoms with Crippen molar-refractivity contribution >= 4 is 32.8 Å². The number of nitrogens with two attached hydrogens (primary N) is 1. The number of hydrogen-bond donors (Lipinski definition) is 2. The molecule has 1 aliphatic heterocycles. The molecule has 1 fully saturated rings. The van der Waals surface area contributed by atoms with Crippen LogP contribution in [0, 0.1) is 0 Å². The number of anilines is 2. The van der Waals surface area contributed by atoms with E-state index in [9.17, 15) is 0 Å². The Balaban J connectivity index is 1.70. The Morgan fingerprint density at radius 2 is 2.12 bits per heavy atom. The Bertz CT molecular complexity index is 326.